The number of anilines is 2. The van der Waals surface area contributed by atoms with Crippen molar-refractivity contribution in [2.75, 3.05) is 23.8 Å². The third-order valence-electron chi connectivity index (χ3n) is 7.43. The number of halogens is 3. The standard InChI is InChI=1S/C24H38F3N5O3/c1-13(2)32(11-19-21(33)22(34)23(35-19)29-12-28)16-7-14(8-16)4-6-20-30-17-5-3-15(9-18(17)31-20)10-24(25,26)27/h3,5,9,13-14,16,19-23,29-31,33-34H,4,6-8,10-12,28H2,1-2H3/t14-,16-,19-,20?,21-,22-,23-/m1/s1. The summed E-state index contributed by atoms with van der Waals surface area (Å²) in [6.45, 7) is 4.94. The lowest BCUT2D eigenvalue weighted by atomic mass is 9.76. The van der Waals surface area contributed by atoms with Gasteiger partial charge in [0.2, 0.25) is 0 Å². The molecular weight excluding hydrogens is 463 g/mol. The van der Waals surface area contributed by atoms with E-state index in [9.17, 15) is 23.4 Å². The summed E-state index contributed by atoms with van der Waals surface area (Å²) in [7, 11) is 0. The second-order valence-electron chi connectivity index (χ2n) is 10.4. The molecule has 5 atom stereocenters. The van der Waals surface area contributed by atoms with Gasteiger partial charge in [-0.25, -0.2) is 0 Å². The Morgan fingerprint density at radius 3 is 2.51 bits per heavy atom. The first-order valence-electron chi connectivity index (χ1n) is 12.5. The van der Waals surface area contributed by atoms with E-state index in [-0.39, 0.29) is 24.4 Å². The first-order valence-corrected chi connectivity index (χ1v) is 12.5. The number of aliphatic hydroxyl groups is 2. The average molecular weight is 502 g/mol. The van der Waals surface area contributed by atoms with Crippen molar-refractivity contribution in [2.24, 2.45) is 11.7 Å². The van der Waals surface area contributed by atoms with Crippen LogP contribution in [-0.2, 0) is 11.2 Å². The number of aliphatic hydroxyl groups excluding tert-OH is 2. The molecule has 8 nitrogen and oxygen atoms in total. The number of nitrogens with two attached hydrogens (primary N) is 1. The molecule has 1 saturated carbocycles. The molecule has 11 heteroatoms. The molecule has 35 heavy (non-hydrogen) atoms. The molecule has 3 aliphatic rings. The molecular formula is C24H38F3N5O3. The number of hydrogen-bond donors (Lipinski definition) is 6. The maximum Gasteiger partial charge on any atom is 0.393 e. The van der Waals surface area contributed by atoms with Crippen molar-refractivity contribution in [1.29, 1.82) is 0 Å². The molecule has 7 N–H and O–H groups in total. The molecule has 4 rings (SSSR count). The fraction of sp³-hybridized carbons (Fsp3) is 0.750. The molecule has 0 spiro atoms. The second-order valence-corrected chi connectivity index (χ2v) is 10.4. The van der Waals surface area contributed by atoms with E-state index in [1.807, 2.05) is 0 Å². The van der Waals surface area contributed by atoms with Crippen LogP contribution < -0.4 is 21.7 Å². The predicted octanol–water partition coefficient (Wildman–Crippen LogP) is 2.18. The molecule has 1 saturated heterocycles. The Hall–Kier alpha value is -1.63. The van der Waals surface area contributed by atoms with Gasteiger partial charge in [0.05, 0.1) is 24.0 Å². The molecule has 0 bridgehead atoms. The Balaban J connectivity index is 1.22. The molecule has 0 amide bonds. The van der Waals surface area contributed by atoms with Crippen molar-refractivity contribution in [3.63, 3.8) is 0 Å². The third-order valence-corrected chi connectivity index (χ3v) is 7.43. The number of alkyl halides is 3. The van der Waals surface area contributed by atoms with Gasteiger partial charge < -0.3 is 31.3 Å². The molecule has 198 valence electrons. The highest BCUT2D eigenvalue weighted by molar-refractivity contribution is 5.75. The SMILES string of the molecule is CC(C)N(C[C@H]1O[C@@H](NCN)[C@H](O)[C@@H]1O)[C@H]1C[C@H](CCC2Nc3ccc(CC(F)(F)F)cc3N2)C1. The number of benzene rings is 1. The minimum absolute atomic E-state index is 0.0156. The van der Waals surface area contributed by atoms with E-state index in [1.54, 1.807) is 12.1 Å². The van der Waals surface area contributed by atoms with E-state index in [1.165, 1.54) is 6.07 Å². The smallest absolute Gasteiger partial charge is 0.387 e. The van der Waals surface area contributed by atoms with Crippen molar-refractivity contribution in [3.05, 3.63) is 23.8 Å². The summed E-state index contributed by atoms with van der Waals surface area (Å²) >= 11 is 0. The van der Waals surface area contributed by atoms with Crippen LogP contribution in [0.15, 0.2) is 18.2 Å². The second kappa shape index (κ2) is 10.8. The van der Waals surface area contributed by atoms with Crippen molar-refractivity contribution >= 4 is 11.4 Å². The largest absolute Gasteiger partial charge is 0.393 e. The molecule has 2 aliphatic heterocycles. The van der Waals surface area contributed by atoms with E-state index in [0.717, 1.165) is 37.1 Å². The van der Waals surface area contributed by atoms with Crippen LogP contribution in [0.25, 0.3) is 0 Å². The summed E-state index contributed by atoms with van der Waals surface area (Å²) in [6.07, 6.45) is -4.25. The quantitative estimate of drug-likeness (QED) is 0.271. The van der Waals surface area contributed by atoms with Crippen molar-refractivity contribution < 1.29 is 28.1 Å². The monoisotopic (exact) mass is 501 g/mol. The van der Waals surface area contributed by atoms with E-state index >= 15 is 0 Å². The van der Waals surface area contributed by atoms with Crippen LogP contribution in [0.5, 0.6) is 0 Å². The zero-order valence-electron chi connectivity index (χ0n) is 20.3. The van der Waals surface area contributed by atoms with Crippen molar-refractivity contribution in [2.45, 2.75) is 94.9 Å². The Bertz CT molecular complexity index is 852. The van der Waals surface area contributed by atoms with Crippen LogP contribution in [0.1, 0.15) is 45.1 Å². The number of ether oxygens (including phenoxy) is 1. The molecule has 1 aromatic carbocycles. The van der Waals surface area contributed by atoms with Gasteiger partial charge >= 0.3 is 6.18 Å². The normalized spacial score (nSPS) is 32.5. The molecule has 0 radical (unpaired) electrons. The summed E-state index contributed by atoms with van der Waals surface area (Å²) < 4.78 is 43.9. The van der Waals surface area contributed by atoms with E-state index in [4.69, 9.17) is 10.5 Å². The van der Waals surface area contributed by atoms with Crippen LogP contribution in [0, 0.1) is 5.92 Å². The zero-order valence-corrected chi connectivity index (χ0v) is 20.3. The minimum Gasteiger partial charge on any atom is -0.387 e. The van der Waals surface area contributed by atoms with Gasteiger partial charge in [-0.05, 0) is 63.1 Å². The lowest BCUT2D eigenvalue weighted by molar-refractivity contribution is -0.127. The number of nitrogens with one attached hydrogen (secondary N) is 3. The molecule has 2 heterocycles. The minimum atomic E-state index is -4.21. The maximum atomic E-state index is 12.7. The fourth-order valence-electron chi connectivity index (χ4n) is 5.52. The van der Waals surface area contributed by atoms with Crippen LogP contribution >= 0.6 is 0 Å². The Labute approximate surface area is 204 Å². The molecule has 1 aliphatic carbocycles. The highest BCUT2D eigenvalue weighted by Gasteiger charge is 2.45. The summed E-state index contributed by atoms with van der Waals surface area (Å²) in [4.78, 5) is 2.34. The van der Waals surface area contributed by atoms with Crippen LogP contribution in [-0.4, -0.2) is 77.3 Å². The van der Waals surface area contributed by atoms with Crippen LogP contribution in [0.4, 0.5) is 24.5 Å². The van der Waals surface area contributed by atoms with Crippen LogP contribution in [0.2, 0.25) is 0 Å². The van der Waals surface area contributed by atoms with Crippen LogP contribution in [0.3, 0.4) is 0 Å². The predicted molar refractivity (Wildman–Crippen MR) is 128 cm³/mol. The first-order chi connectivity index (χ1) is 16.5. The molecule has 1 aromatic rings. The highest BCUT2D eigenvalue weighted by atomic mass is 19.4. The summed E-state index contributed by atoms with van der Waals surface area (Å²) in [5.74, 6) is 0.570. The summed E-state index contributed by atoms with van der Waals surface area (Å²) in [6, 6.07) is 5.49. The molecule has 2 fully saturated rings. The van der Waals surface area contributed by atoms with E-state index in [0.29, 0.717) is 18.5 Å². The Morgan fingerprint density at radius 1 is 1.14 bits per heavy atom. The lowest BCUT2D eigenvalue weighted by Gasteiger charge is -2.46. The van der Waals surface area contributed by atoms with Gasteiger partial charge in [-0.1, -0.05) is 6.07 Å². The number of nitrogens with zero attached hydrogens (tertiary/aromatic N) is 1. The van der Waals surface area contributed by atoms with Gasteiger partial charge in [0.1, 0.15) is 24.5 Å². The zero-order chi connectivity index (χ0) is 25.3. The third kappa shape index (κ3) is 6.39. The van der Waals surface area contributed by atoms with Gasteiger partial charge in [0.15, 0.2) is 0 Å². The van der Waals surface area contributed by atoms with Gasteiger partial charge in [0, 0.05) is 25.3 Å². The van der Waals surface area contributed by atoms with E-state index in [2.05, 4.69) is 34.7 Å². The summed E-state index contributed by atoms with van der Waals surface area (Å²) in [5, 5.41) is 30.1. The Morgan fingerprint density at radius 2 is 1.86 bits per heavy atom. The number of rotatable bonds is 10. The maximum absolute atomic E-state index is 12.7. The fourth-order valence-corrected chi connectivity index (χ4v) is 5.52. The molecule has 1 unspecified atom stereocenters. The number of fused-ring (bicyclic) bond motifs is 1. The topological polar surface area (TPSA) is 115 Å². The van der Waals surface area contributed by atoms with Gasteiger partial charge in [0.25, 0.3) is 0 Å². The van der Waals surface area contributed by atoms with Gasteiger partial charge in [-0.15, -0.1) is 0 Å². The first kappa shape index (κ1) is 26.4. The number of hydrogen-bond acceptors (Lipinski definition) is 8. The average Bonchev–Trinajstić information content (AvgIpc) is 3.26. The lowest BCUT2D eigenvalue weighted by Crippen LogP contribution is -2.52. The summed E-state index contributed by atoms with van der Waals surface area (Å²) in [5.41, 5.74) is 7.32. The van der Waals surface area contributed by atoms with Gasteiger partial charge in [-0.3, -0.25) is 10.2 Å². The highest BCUT2D eigenvalue weighted by Crippen LogP contribution is 2.39. The Kier molecular flexibility index (Phi) is 8.14. The van der Waals surface area contributed by atoms with Crippen molar-refractivity contribution in [3.8, 4) is 0 Å². The molecule has 0 aromatic heterocycles. The van der Waals surface area contributed by atoms with Gasteiger partial charge in [-0.2, -0.15) is 13.2 Å². The van der Waals surface area contributed by atoms with E-state index < -0.39 is 37.1 Å². The van der Waals surface area contributed by atoms with Crippen molar-refractivity contribution in [1.82, 2.24) is 10.2 Å².